The van der Waals surface area contributed by atoms with Gasteiger partial charge in [0.05, 0.1) is 6.10 Å². The summed E-state index contributed by atoms with van der Waals surface area (Å²) in [6.07, 6.45) is 11.4. The summed E-state index contributed by atoms with van der Waals surface area (Å²) >= 11 is 0. The first-order valence-electron chi connectivity index (χ1n) is 12.2. The first-order valence-corrected chi connectivity index (χ1v) is 12.2. The molecule has 0 bridgehead atoms. The van der Waals surface area contributed by atoms with Gasteiger partial charge in [-0.05, 0) is 67.8 Å². The van der Waals surface area contributed by atoms with Crippen LogP contribution < -0.4 is 0 Å². The predicted octanol–water partition coefficient (Wildman–Crippen LogP) is 5.09. The van der Waals surface area contributed by atoms with E-state index in [1.807, 2.05) is 12.2 Å². The second-order valence-corrected chi connectivity index (χ2v) is 11.1. The molecule has 0 saturated heterocycles. The lowest BCUT2D eigenvalue weighted by molar-refractivity contribution is -0.194. The molecule has 0 spiro atoms. The first-order chi connectivity index (χ1) is 14.5. The SMILES string of the molecule is C=C1CC[C@H](O)C/C1=C\C=C1/CCC[C@]2(C)[C@@H]([C@H](C)CCCC(C)C)C(=O)C(O)(O)[C@@H]12. The molecule has 4 nitrogen and oxygen atoms in total. The predicted molar refractivity (Wildman–Crippen MR) is 124 cm³/mol. The summed E-state index contributed by atoms with van der Waals surface area (Å²) in [5.41, 5.74) is 2.58. The quantitative estimate of drug-likeness (QED) is 0.513. The van der Waals surface area contributed by atoms with Crippen LogP contribution in [0.5, 0.6) is 0 Å². The summed E-state index contributed by atoms with van der Waals surface area (Å²) in [6.45, 7) is 12.8. The Labute approximate surface area is 188 Å². The van der Waals surface area contributed by atoms with Crippen molar-refractivity contribution in [2.45, 2.75) is 97.4 Å². The maximum absolute atomic E-state index is 13.3. The van der Waals surface area contributed by atoms with Gasteiger partial charge in [0.2, 0.25) is 5.79 Å². The van der Waals surface area contributed by atoms with E-state index in [-0.39, 0.29) is 17.9 Å². The lowest BCUT2D eigenvalue weighted by atomic mass is 9.60. The topological polar surface area (TPSA) is 77.8 Å². The third-order valence-corrected chi connectivity index (χ3v) is 8.17. The van der Waals surface area contributed by atoms with Gasteiger partial charge >= 0.3 is 0 Å². The molecule has 5 atom stereocenters. The number of Topliss-reactive ketones (excluding diaryl/α,β-unsaturated/α-hetero) is 1. The highest BCUT2D eigenvalue weighted by atomic mass is 16.5. The molecule has 0 aliphatic heterocycles. The van der Waals surface area contributed by atoms with Crippen LogP contribution >= 0.6 is 0 Å². The van der Waals surface area contributed by atoms with Crippen LogP contribution in [0.1, 0.15) is 85.5 Å². The molecule has 0 aromatic rings. The number of carbonyl (C=O) groups excluding carboxylic acids is 1. The van der Waals surface area contributed by atoms with Gasteiger partial charge in [0, 0.05) is 11.8 Å². The molecule has 3 fully saturated rings. The summed E-state index contributed by atoms with van der Waals surface area (Å²) in [7, 11) is 0. The normalized spacial score (nSPS) is 37.0. The second kappa shape index (κ2) is 9.33. The van der Waals surface area contributed by atoms with Crippen molar-refractivity contribution in [3.8, 4) is 0 Å². The Bertz CT molecular complexity index is 759. The van der Waals surface area contributed by atoms with E-state index in [1.54, 1.807) is 0 Å². The monoisotopic (exact) mass is 430 g/mol. The molecule has 3 N–H and O–H groups in total. The molecule has 0 heterocycles. The maximum atomic E-state index is 13.3. The molecule has 3 saturated carbocycles. The van der Waals surface area contributed by atoms with Crippen LogP contribution in [0.15, 0.2) is 35.5 Å². The molecule has 0 unspecified atom stereocenters. The lowest BCUT2D eigenvalue weighted by Gasteiger charge is -2.44. The molecular weight excluding hydrogens is 388 g/mol. The number of aliphatic hydroxyl groups excluding tert-OH is 1. The van der Waals surface area contributed by atoms with Crippen molar-refractivity contribution < 1.29 is 20.1 Å². The van der Waals surface area contributed by atoms with Crippen molar-refractivity contribution in [1.29, 1.82) is 0 Å². The number of carbonyl (C=O) groups is 1. The average Bonchev–Trinajstić information content (AvgIpc) is 2.84. The standard InChI is InChI=1S/C27H42O4/c1-17(2)8-6-9-19(4)23-25(29)27(30,31)24-20(10-7-15-26(23,24)5)12-13-21-16-22(28)14-11-18(21)3/h12-13,17,19,22-24,28,30-31H,3,6-11,14-16H2,1-2,4-5H3/b20-12+,21-13+/t19-,22+,23+,24+,26-/m1/s1. The average molecular weight is 431 g/mol. The molecule has 0 aromatic heterocycles. The number of allylic oxidation sites excluding steroid dienone is 3. The van der Waals surface area contributed by atoms with Crippen LogP contribution in [0, 0.1) is 29.1 Å². The fraction of sp³-hybridized carbons (Fsp3) is 0.741. The van der Waals surface area contributed by atoms with Crippen LogP contribution in [0.4, 0.5) is 0 Å². The van der Waals surface area contributed by atoms with Gasteiger partial charge in [0.25, 0.3) is 0 Å². The molecule has 3 aliphatic carbocycles. The van der Waals surface area contributed by atoms with Crippen molar-refractivity contribution >= 4 is 5.78 Å². The van der Waals surface area contributed by atoms with Crippen molar-refractivity contribution in [1.82, 2.24) is 0 Å². The first kappa shape index (κ1) is 24.4. The van der Waals surface area contributed by atoms with Gasteiger partial charge in [-0.2, -0.15) is 0 Å². The molecule has 0 amide bonds. The van der Waals surface area contributed by atoms with Crippen LogP contribution in [0.25, 0.3) is 0 Å². The van der Waals surface area contributed by atoms with E-state index in [0.29, 0.717) is 12.3 Å². The van der Waals surface area contributed by atoms with Crippen molar-refractivity contribution in [2.24, 2.45) is 29.1 Å². The van der Waals surface area contributed by atoms with Crippen molar-refractivity contribution in [2.75, 3.05) is 0 Å². The summed E-state index contributed by atoms with van der Waals surface area (Å²) in [6, 6.07) is 0. The number of hydrogen-bond donors (Lipinski definition) is 3. The molecule has 174 valence electrons. The Balaban J connectivity index is 1.89. The highest BCUT2D eigenvalue weighted by Crippen LogP contribution is 2.61. The number of ketones is 1. The number of hydrogen-bond acceptors (Lipinski definition) is 4. The van der Waals surface area contributed by atoms with Crippen LogP contribution in [-0.2, 0) is 4.79 Å². The number of aliphatic hydroxyl groups is 3. The second-order valence-electron chi connectivity index (χ2n) is 11.1. The molecule has 4 heteroatoms. The third kappa shape index (κ3) is 4.77. The van der Waals surface area contributed by atoms with Gasteiger partial charge < -0.3 is 15.3 Å². The van der Waals surface area contributed by atoms with Gasteiger partial charge in [0.1, 0.15) is 0 Å². The summed E-state index contributed by atoms with van der Waals surface area (Å²) in [5.74, 6) is -2.84. The van der Waals surface area contributed by atoms with E-state index in [9.17, 15) is 20.1 Å². The highest BCUT2D eigenvalue weighted by molar-refractivity contribution is 5.92. The minimum atomic E-state index is -2.31. The van der Waals surface area contributed by atoms with Gasteiger partial charge in [0.15, 0.2) is 5.78 Å². The van der Waals surface area contributed by atoms with Gasteiger partial charge in [-0.15, -0.1) is 0 Å². The molecule has 0 radical (unpaired) electrons. The zero-order valence-electron chi connectivity index (χ0n) is 19.9. The maximum Gasteiger partial charge on any atom is 0.231 e. The number of fused-ring (bicyclic) bond motifs is 1. The highest BCUT2D eigenvalue weighted by Gasteiger charge is 2.67. The summed E-state index contributed by atoms with van der Waals surface area (Å²) < 4.78 is 0. The fourth-order valence-corrected chi connectivity index (χ4v) is 6.61. The zero-order valence-corrected chi connectivity index (χ0v) is 19.9. The van der Waals surface area contributed by atoms with E-state index >= 15 is 0 Å². The Kier molecular flexibility index (Phi) is 7.35. The third-order valence-electron chi connectivity index (χ3n) is 8.17. The number of rotatable bonds is 6. The molecule has 31 heavy (non-hydrogen) atoms. The van der Waals surface area contributed by atoms with Crippen molar-refractivity contribution in [3.63, 3.8) is 0 Å². The van der Waals surface area contributed by atoms with Gasteiger partial charge in [-0.25, -0.2) is 0 Å². The smallest absolute Gasteiger partial charge is 0.231 e. The van der Waals surface area contributed by atoms with E-state index in [2.05, 4.69) is 34.3 Å². The van der Waals surface area contributed by atoms with Crippen LogP contribution in [0.2, 0.25) is 0 Å². The fourth-order valence-electron chi connectivity index (χ4n) is 6.61. The zero-order chi connectivity index (χ0) is 23.0. The van der Waals surface area contributed by atoms with Gasteiger partial charge in [-0.1, -0.05) is 70.4 Å². The van der Waals surface area contributed by atoms with E-state index in [0.717, 1.165) is 68.1 Å². The van der Waals surface area contributed by atoms with Crippen LogP contribution in [0.3, 0.4) is 0 Å². The Morgan fingerprint density at radius 1 is 1.16 bits per heavy atom. The largest absolute Gasteiger partial charge is 0.393 e. The summed E-state index contributed by atoms with van der Waals surface area (Å²) in [5, 5.41) is 32.1. The Hall–Kier alpha value is -1.23. The Morgan fingerprint density at radius 2 is 1.87 bits per heavy atom. The van der Waals surface area contributed by atoms with Gasteiger partial charge in [-0.3, -0.25) is 4.79 Å². The summed E-state index contributed by atoms with van der Waals surface area (Å²) in [4.78, 5) is 13.3. The van der Waals surface area contributed by atoms with E-state index in [1.165, 1.54) is 0 Å². The van der Waals surface area contributed by atoms with E-state index in [4.69, 9.17) is 0 Å². The lowest BCUT2D eigenvalue weighted by Crippen LogP contribution is -2.45. The van der Waals surface area contributed by atoms with Crippen molar-refractivity contribution in [3.05, 3.63) is 35.5 Å². The Morgan fingerprint density at radius 3 is 2.55 bits per heavy atom. The molecule has 3 aliphatic rings. The molecule has 3 rings (SSSR count). The van der Waals surface area contributed by atoms with E-state index < -0.39 is 22.9 Å². The van der Waals surface area contributed by atoms with Crippen LogP contribution in [-0.4, -0.2) is 33.0 Å². The minimum absolute atomic E-state index is 0.130. The molecular formula is C27H42O4. The molecule has 0 aromatic carbocycles. The minimum Gasteiger partial charge on any atom is -0.393 e.